The largest absolute Gasteiger partial charge is 0.480 e. The van der Waals surface area contributed by atoms with E-state index in [0.29, 0.717) is 21.4 Å². The third-order valence-corrected chi connectivity index (χ3v) is 5.15. The summed E-state index contributed by atoms with van der Waals surface area (Å²) in [6.45, 7) is -0.499. The number of rotatable bonds is 6. The first-order valence-electron chi connectivity index (χ1n) is 7.69. The van der Waals surface area contributed by atoms with Crippen LogP contribution in [0.3, 0.4) is 0 Å². The number of hydrogen-bond acceptors (Lipinski definition) is 5. The van der Waals surface area contributed by atoms with Crippen LogP contribution < -0.4 is 10.2 Å². The van der Waals surface area contributed by atoms with E-state index >= 15 is 0 Å². The number of carboxylic acid groups (broad SMARTS) is 1. The third kappa shape index (κ3) is 5.11. The Labute approximate surface area is 189 Å². The smallest absolute Gasteiger partial charge is 0.341 e. The highest BCUT2D eigenvalue weighted by Crippen LogP contribution is 2.30. The van der Waals surface area contributed by atoms with E-state index < -0.39 is 18.5 Å². The number of carboxylic acids is 1. The van der Waals surface area contributed by atoms with Crippen LogP contribution in [-0.4, -0.2) is 29.8 Å². The molecule has 0 atom stereocenters. The summed E-state index contributed by atoms with van der Waals surface area (Å²) in [5.41, 5.74) is 3.48. The summed E-state index contributed by atoms with van der Waals surface area (Å²) in [5.74, 6) is -1.18. The van der Waals surface area contributed by atoms with Gasteiger partial charge in [-0.3, -0.25) is 4.79 Å². The Bertz CT molecular complexity index is 1100. The summed E-state index contributed by atoms with van der Waals surface area (Å²) in [6.07, 6.45) is 1.38. The summed E-state index contributed by atoms with van der Waals surface area (Å²) >= 11 is 8.81. The first-order valence-corrected chi connectivity index (χ1v) is 10.4. The molecule has 1 heterocycles. The van der Waals surface area contributed by atoms with Gasteiger partial charge in [0.2, 0.25) is 0 Å². The molecular formula is C18H11Br2IN2O5. The second-order valence-corrected chi connectivity index (χ2v) is 8.50. The second-order valence-electron chi connectivity index (χ2n) is 5.48. The van der Waals surface area contributed by atoms with Gasteiger partial charge >= 0.3 is 11.9 Å². The Hall–Kier alpha value is -1.92. The standard InChI is InChI=1S/C18H11Br2IN2O5/c19-11-1-2-14-9(3-11)5-15(28-14)18(26)23-22-7-10-4-12(21)6-13(20)17(10)27-8-16(24)25/h1-7H,8H2,(H,23,26)(H,24,25)/b22-7+. The number of fused-ring (bicyclic) bond motifs is 1. The van der Waals surface area contributed by atoms with Crippen LogP contribution in [0.5, 0.6) is 5.75 Å². The number of carbonyl (C=O) groups excluding carboxylic acids is 1. The maximum Gasteiger partial charge on any atom is 0.341 e. The molecule has 2 aromatic carbocycles. The van der Waals surface area contributed by atoms with E-state index in [2.05, 4.69) is 65.0 Å². The van der Waals surface area contributed by atoms with Crippen LogP contribution in [-0.2, 0) is 4.79 Å². The maximum atomic E-state index is 12.3. The van der Waals surface area contributed by atoms with E-state index in [1.54, 1.807) is 24.3 Å². The monoisotopic (exact) mass is 620 g/mol. The lowest BCUT2D eigenvalue weighted by atomic mass is 10.2. The van der Waals surface area contributed by atoms with E-state index in [1.807, 2.05) is 12.1 Å². The predicted molar refractivity (Wildman–Crippen MR) is 119 cm³/mol. The quantitative estimate of drug-likeness (QED) is 0.234. The van der Waals surface area contributed by atoms with Gasteiger partial charge < -0.3 is 14.3 Å². The number of amides is 1. The van der Waals surface area contributed by atoms with Crippen molar-refractivity contribution in [3.05, 3.63) is 60.2 Å². The zero-order chi connectivity index (χ0) is 20.3. The average Bonchev–Trinajstić information content (AvgIpc) is 3.03. The molecule has 3 rings (SSSR count). The molecule has 0 bridgehead atoms. The van der Waals surface area contributed by atoms with Crippen molar-refractivity contribution < 1.29 is 23.8 Å². The molecule has 2 N–H and O–H groups in total. The summed E-state index contributed by atoms with van der Waals surface area (Å²) < 4.78 is 13.1. The number of furan rings is 1. The molecule has 0 saturated heterocycles. The first-order chi connectivity index (χ1) is 13.3. The molecular weight excluding hydrogens is 611 g/mol. The lowest BCUT2D eigenvalue weighted by Gasteiger charge is -2.10. The van der Waals surface area contributed by atoms with Crippen LogP contribution in [0.2, 0.25) is 0 Å². The van der Waals surface area contributed by atoms with Crippen LogP contribution >= 0.6 is 54.5 Å². The van der Waals surface area contributed by atoms with Gasteiger partial charge in [-0.25, -0.2) is 10.2 Å². The van der Waals surface area contributed by atoms with E-state index in [4.69, 9.17) is 14.3 Å². The number of halogens is 3. The molecule has 0 fully saturated rings. The minimum absolute atomic E-state index is 0.122. The molecule has 0 aliphatic heterocycles. The van der Waals surface area contributed by atoms with Gasteiger partial charge in [0.25, 0.3) is 0 Å². The fourth-order valence-electron chi connectivity index (χ4n) is 2.30. The van der Waals surface area contributed by atoms with Crippen molar-refractivity contribution in [2.45, 2.75) is 0 Å². The van der Waals surface area contributed by atoms with E-state index in [0.717, 1.165) is 13.4 Å². The molecule has 0 aliphatic rings. The van der Waals surface area contributed by atoms with E-state index in [1.165, 1.54) is 6.21 Å². The fraction of sp³-hybridized carbons (Fsp3) is 0.0556. The molecule has 0 radical (unpaired) electrons. The molecule has 7 nitrogen and oxygen atoms in total. The molecule has 0 saturated carbocycles. The number of nitrogens with zero attached hydrogens (tertiary/aromatic N) is 1. The van der Waals surface area contributed by atoms with Gasteiger partial charge in [-0.1, -0.05) is 15.9 Å². The molecule has 3 aromatic rings. The zero-order valence-electron chi connectivity index (χ0n) is 13.9. The van der Waals surface area contributed by atoms with Crippen molar-refractivity contribution in [2.75, 3.05) is 6.61 Å². The minimum atomic E-state index is -1.10. The Morgan fingerprint density at radius 3 is 2.79 bits per heavy atom. The molecule has 144 valence electrons. The summed E-state index contributed by atoms with van der Waals surface area (Å²) in [7, 11) is 0. The predicted octanol–water partition coefficient (Wildman–Crippen LogP) is 4.79. The number of aliphatic carboxylic acids is 1. The summed E-state index contributed by atoms with van der Waals surface area (Å²) in [6, 6.07) is 10.6. The Morgan fingerprint density at radius 2 is 2.04 bits per heavy atom. The van der Waals surface area contributed by atoms with Crippen LogP contribution in [0.25, 0.3) is 11.0 Å². The minimum Gasteiger partial charge on any atom is -0.480 e. The molecule has 0 aliphatic carbocycles. The van der Waals surface area contributed by atoms with Gasteiger partial charge in [-0.2, -0.15) is 5.10 Å². The van der Waals surface area contributed by atoms with Gasteiger partial charge in [0.15, 0.2) is 12.4 Å². The van der Waals surface area contributed by atoms with Crippen molar-refractivity contribution in [3.63, 3.8) is 0 Å². The van der Waals surface area contributed by atoms with Crippen LogP contribution in [0.15, 0.2) is 54.9 Å². The number of hydrazone groups is 1. The fourth-order valence-corrected chi connectivity index (χ4v) is 4.35. The molecule has 1 aromatic heterocycles. The highest BCUT2D eigenvalue weighted by Gasteiger charge is 2.13. The zero-order valence-corrected chi connectivity index (χ0v) is 19.2. The van der Waals surface area contributed by atoms with E-state index in [9.17, 15) is 9.59 Å². The summed E-state index contributed by atoms with van der Waals surface area (Å²) in [5, 5.41) is 13.5. The van der Waals surface area contributed by atoms with Crippen molar-refractivity contribution >= 4 is 83.5 Å². The van der Waals surface area contributed by atoms with Crippen molar-refractivity contribution in [1.29, 1.82) is 0 Å². The Morgan fingerprint density at radius 1 is 1.25 bits per heavy atom. The number of carbonyl (C=O) groups is 2. The average molecular weight is 622 g/mol. The molecule has 28 heavy (non-hydrogen) atoms. The topological polar surface area (TPSA) is 101 Å². The number of ether oxygens (including phenoxy) is 1. The van der Waals surface area contributed by atoms with Gasteiger partial charge in [0, 0.05) is 19.0 Å². The lowest BCUT2D eigenvalue weighted by molar-refractivity contribution is -0.139. The molecule has 1 amide bonds. The Balaban J connectivity index is 1.77. The summed E-state index contributed by atoms with van der Waals surface area (Å²) in [4.78, 5) is 23.0. The van der Waals surface area contributed by atoms with Crippen molar-refractivity contribution in [3.8, 4) is 5.75 Å². The molecule has 0 spiro atoms. The van der Waals surface area contributed by atoms with Gasteiger partial charge in [-0.15, -0.1) is 0 Å². The number of benzene rings is 2. The number of nitrogens with one attached hydrogen (secondary N) is 1. The Kier molecular flexibility index (Phi) is 6.73. The van der Waals surface area contributed by atoms with Gasteiger partial charge in [0.1, 0.15) is 11.3 Å². The van der Waals surface area contributed by atoms with Crippen molar-refractivity contribution in [1.82, 2.24) is 5.43 Å². The van der Waals surface area contributed by atoms with Crippen molar-refractivity contribution in [2.24, 2.45) is 5.10 Å². The van der Waals surface area contributed by atoms with E-state index in [-0.39, 0.29) is 5.76 Å². The molecule has 0 unspecified atom stereocenters. The highest BCUT2D eigenvalue weighted by atomic mass is 127. The third-order valence-electron chi connectivity index (χ3n) is 3.45. The van der Waals surface area contributed by atoms with Crippen LogP contribution in [0.1, 0.15) is 16.1 Å². The number of hydrogen-bond donors (Lipinski definition) is 2. The first kappa shape index (κ1) is 20.8. The molecule has 10 heteroatoms. The normalized spacial score (nSPS) is 11.1. The van der Waals surface area contributed by atoms with Crippen LogP contribution in [0, 0.1) is 3.57 Å². The SMILES string of the molecule is O=C(O)COc1c(Br)cc(I)cc1/C=N/NC(=O)c1cc2cc(Br)ccc2o1. The van der Waals surface area contributed by atoms with Crippen LogP contribution in [0.4, 0.5) is 0 Å². The van der Waals surface area contributed by atoms with Gasteiger partial charge in [-0.05, 0) is 74.9 Å². The maximum absolute atomic E-state index is 12.3. The second kappa shape index (κ2) is 9.05. The van der Waals surface area contributed by atoms with Gasteiger partial charge in [0.05, 0.1) is 10.7 Å². The lowest BCUT2D eigenvalue weighted by Crippen LogP contribution is -2.17. The highest BCUT2D eigenvalue weighted by molar-refractivity contribution is 14.1.